The second-order valence-electron chi connectivity index (χ2n) is 6.95. The van der Waals surface area contributed by atoms with Gasteiger partial charge in [-0.3, -0.25) is 4.79 Å². The summed E-state index contributed by atoms with van der Waals surface area (Å²) in [6, 6.07) is 19.2. The molecular formula is C22H28N2O. The summed E-state index contributed by atoms with van der Waals surface area (Å²) in [7, 11) is 2.13. The molecule has 1 fully saturated rings. The van der Waals surface area contributed by atoms with Crippen LogP contribution in [-0.4, -0.2) is 42.4 Å². The summed E-state index contributed by atoms with van der Waals surface area (Å²) in [5, 5.41) is 0. The lowest BCUT2D eigenvalue weighted by molar-refractivity contribution is -0.136. The number of rotatable bonds is 5. The average molecular weight is 336 g/mol. The van der Waals surface area contributed by atoms with E-state index in [-0.39, 0.29) is 11.9 Å². The van der Waals surface area contributed by atoms with Gasteiger partial charge in [-0.15, -0.1) is 0 Å². The number of aryl methyl sites for hydroxylation is 2. The molecule has 1 atom stereocenters. The van der Waals surface area contributed by atoms with Crippen LogP contribution in [0.5, 0.6) is 0 Å². The second kappa shape index (κ2) is 8.30. The van der Waals surface area contributed by atoms with Crippen molar-refractivity contribution in [1.82, 2.24) is 9.80 Å². The van der Waals surface area contributed by atoms with Crippen molar-refractivity contribution in [1.29, 1.82) is 0 Å². The van der Waals surface area contributed by atoms with Gasteiger partial charge in [0.05, 0.1) is 6.04 Å². The zero-order valence-electron chi connectivity index (χ0n) is 15.3. The molecule has 0 aromatic heterocycles. The second-order valence-corrected chi connectivity index (χ2v) is 6.95. The third kappa shape index (κ3) is 4.49. The van der Waals surface area contributed by atoms with E-state index in [4.69, 9.17) is 0 Å². The fraction of sp³-hybridized carbons (Fsp3) is 0.409. The van der Waals surface area contributed by atoms with Crippen LogP contribution < -0.4 is 0 Å². The molecule has 2 aromatic carbocycles. The summed E-state index contributed by atoms with van der Waals surface area (Å²) in [4.78, 5) is 17.3. The summed E-state index contributed by atoms with van der Waals surface area (Å²) in [5.74, 6) is 0.265. The molecule has 1 unspecified atom stereocenters. The van der Waals surface area contributed by atoms with E-state index < -0.39 is 0 Å². The number of likely N-dealkylation sites (N-methyl/N-ethyl adjacent to an activating group) is 1. The number of benzene rings is 2. The van der Waals surface area contributed by atoms with Crippen LogP contribution in [0.15, 0.2) is 54.6 Å². The first-order valence-corrected chi connectivity index (χ1v) is 9.28. The Labute approximate surface area is 151 Å². The number of carbonyl (C=O) groups is 1. The van der Waals surface area contributed by atoms with Crippen molar-refractivity contribution in [2.75, 3.05) is 26.7 Å². The van der Waals surface area contributed by atoms with Crippen molar-refractivity contribution in [3.05, 3.63) is 71.3 Å². The molecule has 0 saturated carbocycles. The Kier molecular flexibility index (Phi) is 5.87. The maximum atomic E-state index is 12.9. The van der Waals surface area contributed by atoms with Crippen LogP contribution in [0.3, 0.4) is 0 Å². The Hall–Kier alpha value is -2.13. The molecule has 0 bridgehead atoms. The maximum Gasteiger partial charge on any atom is 0.223 e. The van der Waals surface area contributed by atoms with E-state index in [9.17, 15) is 4.79 Å². The monoisotopic (exact) mass is 336 g/mol. The minimum Gasteiger partial charge on any atom is -0.333 e. The first kappa shape index (κ1) is 17.7. The highest BCUT2D eigenvalue weighted by Crippen LogP contribution is 2.25. The summed E-state index contributed by atoms with van der Waals surface area (Å²) in [6.07, 6.45) is 2.45. The minimum absolute atomic E-state index is 0.162. The molecule has 0 N–H and O–H groups in total. The molecule has 132 valence electrons. The molecule has 1 amide bonds. The Bertz CT molecular complexity index is 681. The van der Waals surface area contributed by atoms with Crippen LogP contribution >= 0.6 is 0 Å². The molecule has 3 heteroatoms. The third-order valence-corrected chi connectivity index (χ3v) is 5.15. The third-order valence-electron chi connectivity index (χ3n) is 5.15. The molecule has 0 radical (unpaired) electrons. The van der Waals surface area contributed by atoms with E-state index in [2.05, 4.69) is 72.3 Å². The summed E-state index contributed by atoms with van der Waals surface area (Å²) < 4.78 is 0. The highest BCUT2D eigenvalue weighted by atomic mass is 16.2. The number of hydrogen-bond donors (Lipinski definition) is 0. The smallest absolute Gasteiger partial charge is 0.223 e. The lowest BCUT2D eigenvalue weighted by Crippen LogP contribution is -2.49. The first-order chi connectivity index (χ1) is 12.2. The number of carbonyl (C=O) groups excluding carboxylic acids is 1. The van der Waals surface area contributed by atoms with Gasteiger partial charge in [-0.1, -0.05) is 61.5 Å². The Morgan fingerprint density at radius 3 is 2.36 bits per heavy atom. The van der Waals surface area contributed by atoms with Gasteiger partial charge in [0.25, 0.3) is 0 Å². The first-order valence-electron chi connectivity index (χ1n) is 9.28. The molecule has 25 heavy (non-hydrogen) atoms. The van der Waals surface area contributed by atoms with Crippen molar-refractivity contribution < 1.29 is 4.79 Å². The van der Waals surface area contributed by atoms with Gasteiger partial charge in [0.2, 0.25) is 5.91 Å². The van der Waals surface area contributed by atoms with E-state index >= 15 is 0 Å². The molecule has 0 spiro atoms. The lowest BCUT2D eigenvalue weighted by Gasteiger charge is -2.40. The number of piperazine rings is 1. The molecule has 1 heterocycles. The molecule has 1 saturated heterocycles. The molecule has 1 aliphatic rings. The van der Waals surface area contributed by atoms with Crippen LogP contribution in [0.2, 0.25) is 0 Å². The van der Waals surface area contributed by atoms with Crippen molar-refractivity contribution in [3.63, 3.8) is 0 Å². The minimum atomic E-state index is 0.162. The molecule has 0 aliphatic carbocycles. The van der Waals surface area contributed by atoms with E-state index in [1.54, 1.807) is 0 Å². The van der Waals surface area contributed by atoms with Gasteiger partial charge in [-0.2, -0.15) is 0 Å². The highest BCUT2D eigenvalue weighted by Gasteiger charge is 2.29. The predicted octanol–water partition coefficient (Wildman–Crippen LogP) is 3.70. The Balaban J connectivity index is 1.66. The van der Waals surface area contributed by atoms with Gasteiger partial charge in [0.15, 0.2) is 0 Å². The Morgan fingerprint density at radius 2 is 1.68 bits per heavy atom. The quantitative estimate of drug-likeness (QED) is 0.831. The molecule has 1 aliphatic heterocycles. The van der Waals surface area contributed by atoms with Gasteiger partial charge >= 0.3 is 0 Å². The molecule has 3 rings (SSSR count). The predicted molar refractivity (Wildman–Crippen MR) is 103 cm³/mol. The highest BCUT2D eigenvalue weighted by molar-refractivity contribution is 5.77. The zero-order valence-corrected chi connectivity index (χ0v) is 15.3. The van der Waals surface area contributed by atoms with Crippen molar-refractivity contribution in [2.24, 2.45) is 0 Å². The molecule has 2 aromatic rings. The van der Waals surface area contributed by atoms with Crippen molar-refractivity contribution in [3.8, 4) is 0 Å². The van der Waals surface area contributed by atoms with Crippen molar-refractivity contribution >= 4 is 5.91 Å². The van der Waals surface area contributed by atoms with Crippen LogP contribution in [0.1, 0.15) is 36.1 Å². The van der Waals surface area contributed by atoms with Gasteiger partial charge < -0.3 is 9.80 Å². The Morgan fingerprint density at radius 1 is 1.00 bits per heavy atom. The number of nitrogens with zero attached hydrogens (tertiary/aromatic N) is 2. The van der Waals surface area contributed by atoms with Crippen LogP contribution in [0.4, 0.5) is 0 Å². The maximum absolute atomic E-state index is 12.9. The standard InChI is InChI=1S/C22H28N2O/c1-3-18-9-11-19(12-10-18)13-14-22(25)24-16-15-23(2)17-21(24)20-7-5-4-6-8-20/h4-12,21H,3,13-17H2,1-2H3. The van der Waals surface area contributed by atoms with E-state index in [1.165, 1.54) is 16.7 Å². The van der Waals surface area contributed by atoms with Gasteiger partial charge in [0.1, 0.15) is 0 Å². The topological polar surface area (TPSA) is 23.6 Å². The molecule has 3 nitrogen and oxygen atoms in total. The lowest BCUT2D eigenvalue weighted by atomic mass is 10.0. The van der Waals surface area contributed by atoms with Crippen molar-refractivity contribution in [2.45, 2.75) is 32.2 Å². The van der Waals surface area contributed by atoms with Gasteiger partial charge in [-0.25, -0.2) is 0 Å². The summed E-state index contributed by atoms with van der Waals surface area (Å²) in [5.41, 5.74) is 3.82. The van der Waals surface area contributed by atoms with Gasteiger partial charge in [-0.05, 0) is 36.6 Å². The zero-order chi connectivity index (χ0) is 17.6. The van der Waals surface area contributed by atoms with Crippen LogP contribution in [0.25, 0.3) is 0 Å². The fourth-order valence-corrected chi connectivity index (χ4v) is 3.51. The van der Waals surface area contributed by atoms with Crippen LogP contribution in [-0.2, 0) is 17.6 Å². The number of hydrogen-bond acceptors (Lipinski definition) is 2. The molecular weight excluding hydrogens is 308 g/mol. The van der Waals surface area contributed by atoms with E-state index in [1.807, 2.05) is 6.07 Å². The largest absolute Gasteiger partial charge is 0.333 e. The summed E-state index contributed by atoms with van der Waals surface area (Å²) >= 11 is 0. The number of amides is 1. The van der Waals surface area contributed by atoms with E-state index in [0.717, 1.165) is 32.5 Å². The van der Waals surface area contributed by atoms with Gasteiger partial charge in [0, 0.05) is 26.1 Å². The normalized spacial score (nSPS) is 18.3. The average Bonchev–Trinajstić information content (AvgIpc) is 2.67. The SMILES string of the molecule is CCc1ccc(CCC(=O)N2CCN(C)CC2c2ccccc2)cc1. The van der Waals surface area contributed by atoms with Crippen LogP contribution in [0, 0.1) is 0 Å². The fourth-order valence-electron chi connectivity index (χ4n) is 3.51. The summed E-state index contributed by atoms with van der Waals surface area (Å²) in [6.45, 7) is 4.82. The van der Waals surface area contributed by atoms with E-state index in [0.29, 0.717) is 6.42 Å².